The summed E-state index contributed by atoms with van der Waals surface area (Å²) in [6.07, 6.45) is -72.5. The van der Waals surface area contributed by atoms with Crippen LogP contribution in [0, 0.1) is 0 Å². The Morgan fingerprint density at radius 3 is 0.661 bits per heavy atom. The Bertz CT molecular complexity index is 4550. The van der Waals surface area contributed by atoms with Gasteiger partial charge in [-0.3, -0.25) is 54.4 Å². The summed E-state index contributed by atoms with van der Waals surface area (Å²) in [6, 6.07) is 0. The van der Waals surface area contributed by atoms with Gasteiger partial charge >= 0.3 is 384 Å². The minimum absolute atomic E-state index is 0. The fraction of sp³-hybridized carbons (Fsp3) is 1.00. The molecule has 0 amide bonds. The van der Waals surface area contributed by atoms with Crippen molar-refractivity contribution in [2.24, 2.45) is 0 Å². The molecule has 624 valence electrons. The van der Waals surface area contributed by atoms with Crippen molar-refractivity contribution in [3.8, 4) is 0 Å². The topological polar surface area (TPSA) is 937 Å². The number of hydrogen-bond donors (Lipinski definition) is 0. The molecule has 60 nitrogen and oxygen atoms in total. The molecule has 0 aliphatic carbocycles. The van der Waals surface area contributed by atoms with E-state index < -0.39 is 291 Å². The van der Waals surface area contributed by atoms with E-state index in [1.54, 1.807) is 6.92 Å². The summed E-state index contributed by atoms with van der Waals surface area (Å²) >= 11 is 0. The largest absolute Gasteiger partial charge is 1.00 e. The quantitative estimate of drug-likeness (QED) is 0.0237. The molecule has 0 bridgehead atoms. The molecule has 4 saturated heterocycles. The molecule has 4 heterocycles. The van der Waals surface area contributed by atoms with E-state index in [1.165, 1.54) is 0 Å². The maximum atomic E-state index is 12.8. The van der Waals surface area contributed by atoms with Gasteiger partial charge in [-0.15, -0.1) is 0 Å². The van der Waals surface area contributed by atoms with Crippen LogP contribution in [0.1, 0.15) is 45.4 Å². The first-order valence-electron chi connectivity index (χ1n) is 26.4. The van der Waals surface area contributed by atoms with E-state index in [2.05, 4.69) is 54.4 Å². The van der Waals surface area contributed by atoms with E-state index in [9.17, 15) is 169 Å². The molecule has 0 aromatic heterocycles. The molecular formula is C32H45Na13O60S13. The number of ether oxygens (including phenoxy) is 8. The van der Waals surface area contributed by atoms with Gasteiger partial charge in [0.05, 0.1) is 26.4 Å². The van der Waals surface area contributed by atoms with Crippen LogP contribution in [0.4, 0.5) is 0 Å². The zero-order valence-corrected chi connectivity index (χ0v) is 99.7. The molecule has 118 heavy (non-hydrogen) atoms. The first-order chi connectivity index (χ1) is 47.1. The molecule has 0 saturated carbocycles. The van der Waals surface area contributed by atoms with Crippen molar-refractivity contribution in [3.63, 3.8) is 0 Å². The van der Waals surface area contributed by atoms with Crippen molar-refractivity contribution < 1.29 is 645 Å². The van der Waals surface area contributed by atoms with Gasteiger partial charge in [0.1, 0.15) is 79.4 Å². The van der Waals surface area contributed by atoms with E-state index in [-0.39, 0.29) is 397 Å². The van der Waals surface area contributed by atoms with Gasteiger partial charge in [-0.05, 0) is 6.42 Å². The third-order valence-corrected chi connectivity index (χ3v) is 18.4. The monoisotopic (exact) mass is 2100 g/mol. The molecular weight excluding hydrogens is 2060 g/mol. The van der Waals surface area contributed by atoms with Gasteiger partial charge in [0.15, 0.2) is 43.5 Å². The summed E-state index contributed by atoms with van der Waals surface area (Å²) in [5.41, 5.74) is 0. The Morgan fingerprint density at radius 1 is 0.212 bits per heavy atom. The molecule has 0 aromatic rings. The third kappa shape index (κ3) is 61.5. The molecule has 2 unspecified atom stereocenters. The maximum Gasteiger partial charge on any atom is 1.00 e. The van der Waals surface area contributed by atoms with E-state index in [0.717, 1.165) is 0 Å². The summed E-state index contributed by atoms with van der Waals surface area (Å²) in [5.74, 6) is 0. The fourth-order valence-corrected chi connectivity index (χ4v) is 14.9. The number of unbranched alkanes of at least 4 members (excludes halogenated alkanes) is 5. The number of hydrogen-bond acceptors (Lipinski definition) is 60. The van der Waals surface area contributed by atoms with E-state index in [0.29, 0.717) is 25.7 Å². The second-order valence-corrected chi connectivity index (χ2v) is 33.4. The predicted molar refractivity (Wildman–Crippen MR) is 282 cm³/mol. The maximum absolute atomic E-state index is 12.8. The Hall–Kier alpha value is 11.0. The second-order valence-electron chi connectivity index (χ2n) is 20.1. The minimum atomic E-state index is -7.14. The summed E-state index contributed by atoms with van der Waals surface area (Å²) in [7, 11) is -87.5. The molecule has 4 aliphatic rings. The first-order valence-corrected chi connectivity index (χ1v) is 43.8. The smallest absolute Gasteiger partial charge is 0.726 e. The van der Waals surface area contributed by atoms with Crippen LogP contribution in [0.3, 0.4) is 0 Å². The Morgan fingerprint density at radius 2 is 0.398 bits per heavy atom. The van der Waals surface area contributed by atoms with Crippen LogP contribution >= 0.6 is 0 Å². The average molecular weight is 2110 g/mol. The minimum Gasteiger partial charge on any atom is -0.726 e. The molecule has 0 radical (unpaired) electrons. The molecule has 0 aromatic carbocycles. The van der Waals surface area contributed by atoms with Crippen molar-refractivity contribution in [2.75, 3.05) is 33.0 Å². The normalized spacial score (nSPS) is 28.1. The Kier molecular flexibility index (Phi) is 79.7. The second kappa shape index (κ2) is 63.0. The van der Waals surface area contributed by atoms with Gasteiger partial charge in [-0.25, -0.2) is 109 Å². The fourth-order valence-electron chi connectivity index (χ4n) is 9.33. The van der Waals surface area contributed by atoms with E-state index in [1.807, 2.05) is 0 Å². The predicted octanol–water partition coefficient (Wildman–Crippen LogP) is -52.0. The zero-order valence-electron chi connectivity index (χ0n) is 63.1. The molecule has 4 rings (SSSR count). The van der Waals surface area contributed by atoms with Gasteiger partial charge in [0.25, 0.3) is 0 Å². The van der Waals surface area contributed by atoms with Gasteiger partial charge in [0.2, 0.25) is 135 Å². The van der Waals surface area contributed by atoms with Crippen LogP contribution in [0.2, 0.25) is 0 Å². The molecule has 4 aliphatic heterocycles. The van der Waals surface area contributed by atoms with Gasteiger partial charge in [-0.1, -0.05) is 39.0 Å². The SMILES string of the molecule is CCCCCCCCOC1O[C@H](COS(=O)(=O)[O-])[C@@H](OS(=O)(=O)[O-])[C@H](OS(=O)(=O)[O-])[C@@H]1OC1O[C@H](COS(=O)(=O)[O-])[C@@H](O[C@H]2O[C@H](COS(=O)(=O)[O-])[C@@H](OS(=O)(=O)[O-])[C@H](O[C@H]3O[C@H](COS(=O)(=O)[O-])[C@@H](OS(=O)(=O)[O-])[C@H](OS(=O)(=O)[O-])[C@@H]3OS(=O)(=O)[O-])[C@H]2OS(=O)(=O)[O-])[C@H](OS(=O)(=O)[O-])[C@H]1OS(=O)(=O)[O-].[Na+].[Na+].[Na+].[Na+].[Na+].[Na+].[Na+].[Na+].[Na+].[Na+].[Na+].[Na+].[Na+]. The molecule has 20 atom stereocenters. The van der Waals surface area contributed by atoms with Crippen LogP contribution in [-0.4, -0.2) is 324 Å². The van der Waals surface area contributed by atoms with E-state index >= 15 is 0 Å². The van der Waals surface area contributed by atoms with Crippen LogP contribution in [-0.2, 0) is 227 Å². The molecule has 4 fully saturated rings. The van der Waals surface area contributed by atoms with Crippen molar-refractivity contribution in [3.05, 3.63) is 0 Å². The average Bonchev–Trinajstić information content (AvgIpc) is 0.751. The van der Waals surface area contributed by atoms with Gasteiger partial charge in [0, 0.05) is 6.61 Å². The van der Waals surface area contributed by atoms with Crippen molar-refractivity contribution in [2.45, 2.75) is 168 Å². The molecule has 0 spiro atoms. The van der Waals surface area contributed by atoms with Crippen LogP contribution in [0.5, 0.6) is 0 Å². The van der Waals surface area contributed by atoms with Crippen LogP contribution < -0.4 is 384 Å². The van der Waals surface area contributed by atoms with E-state index in [4.69, 9.17) is 37.9 Å². The summed E-state index contributed by atoms with van der Waals surface area (Å²) < 4.78 is 572. The summed E-state index contributed by atoms with van der Waals surface area (Å²) in [4.78, 5) is 0. The summed E-state index contributed by atoms with van der Waals surface area (Å²) in [5, 5.41) is 0. The molecule has 0 N–H and O–H groups in total. The zero-order chi connectivity index (χ0) is 80.7. The summed E-state index contributed by atoms with van der Waals surface area (Å²) in [6.45, 7) is -8.54. The Balaban J connectivity index is -0.00000112. The van der Waals surface area contributed by atoms with Gasteiger partial charge < -0.3 is 97.1 Å². The van der Waals surface area contributed by atoms with Crippen LogP contribution in [0.15, 0.2) is 0 Å². The first kappa shape index (κ1) is 149. The third-order valence-electron chi connectivity index (χ3n) is 12.6. The van der Waals surface area contributed by atoms with Crippen LogP contribution in [0.25, 0.3) is 0 Å². The van der Waals surface area contributed by atoms with Crippen molar-refractivity contribution in [1.29, 1.82) is 0 Å². The molecule has 86 heteroatoms. The van der Waals surface area contributed by atoms with Crippen molar-refractivity contribution in [1.82, 2.24) is 0 Å². The van der Waals surface area contributed by atoms with Crippen molar-refractivity contribution >= 4 is 135 Å². The number of rotatable bonds is 44. The Labute approximate surface area is 963 Å². The van der Waals surface area contributed by atoms with Gasteiger partial charge in [-0.2, -0.15) is 0 Å². The standard InChI is InChI=1S/C32H58O60S13.13Na/c1-2-3-4-5-6-7-8-72-29-25(23(88-101(57,58)59)19(85-98(48,49)50)15(77-29)11-75-95(39,40)41)83-32-27(91-104(66,67)68)22(87-100(54,55)56)17(13(78-32)9-73-93(33,34)35)81-30-26(90-103(63,64)65)21(18(84-97(45,46)47)14(79-30)10-74-94(36,37)38)82-31-28(92-105(69,70)71)24(89-102(60,61)62)20(86-99(51,52)53)16(80-31)12-76-96(42,43)44;;;;;;;;;;;;;/h13-32H,2-12H2,1H3,(H,33,34,35)(H,36,37,38)(H,39,40,41)(H,42,43,44)(H,45,46,47)(H,48,49,50)(H,51,52,53)(H,54,55,56)(H,57,58,59)(H,60,61,62)(H,63,64,65)(H,66,67,68)(H,69,70,71);;;;;;;;;;;;;/q;13*+1/p-13/t13-,14-,15-,16-,17-,18-,19-,20-,21+,22+,23+,24+,25+,26-,27-,28+,29?,30-,31-,32?;;;;;;;;;;;;;/m1............./s1.